The van der Waals surface area contributed by atoms with E-state index in [1.807, 2.05) is 0 Å². The highest BCUT2D eigenvalue weighted by Gasteiger charge is 2.35. The van der Waals surface area contributed by atoms with Crippen molar-refractivity contribution < 1.29 is 13.2 Å². The van der Waals surface area contributed by atoms with Gasteiger partial charge in [-0.3, -0.25) is 0 Å². The van der Waals surface area contributed by atoms with Crippen LogP contribution in [0.1, 0.15) is 45.1 Å². The lowest BCUT2D eigenvalue weighted by molar-refractivity contribution is -0.137. The van der Waals surface area contributed by atoms with E-state index >= 15 is 0 Å². The summed E-state index contributed by atoms with van der Waals surface area (Å²) in [6, 6.07) is 4.22. The number of hydrogen-bond acceptors (Lipinski definition) is 1. The minimum Gasteiger partial charge on any atom is -0.382 e. The van der Waals surface area contributed by atoms with Crippen LogP contribution >= 0.6 is 11.6 Å². The molecule has 1 N–H and O–H groups in total. The summed E-state index contributed by atoms with van der Waals surface area (Å²) >= 11 is 5.63. The van der Waals surface area contributed by atoms with Crippen molar-refractivity contribution in [3.63, 3.8) is 0 Å². The van der Waals surface area contributed by atoms with Crippen molar-refractivity contribution in [2.24, 2.45) is 5.41 Å². The molecule has 1 aromatic carbocycles. The lowest BCUT2D eigenvalue weighted by Gasteiger charge is -2.39. The Hall–Kier alpha value is -0.900. The van der Waals surface area contributed by atoms with E-state index < -0.39 is 11.7 Å². The van der Waals surface area contributed by atoms with Crippen LogP contribution in [0.25, 0.3) is 0 Å². The summed E-state index contributed by atoms with van der Waals surface area (Å²) in [5.74, 6) is 0. The van der Waals surface area contributed by atoms with Crippen LogP contribution in [-0.2, 0) is 6.18 Å². The molecule has 20 heavy (non-hydrogen) atoms. The first-order valence-corrected chi connectivity index (χ1v) is 7.21. The normalized spacial score (nSPS) is 22.6. The van der Waals surface area contributed by atoms with Crippen LogP contribution in [0, 0.1) is 5.41 Å². The highest BCUT2D eigenvalue weighted by atomic mass is 35.5. The Morgan fingerprint density at radius 3 is 2.55 bits per heavy atom. The maximum absolute atomic E-state index is 12.8. The molecule has 0 heterocycles. The van der Waals surface area contributed by atoms with Crippen LogP contribution < -0.4 is 5.32 Å². The predicted molar refractivity (Wildman–Crippen MR) is 76.1 cm³/mol. The monoisotopic (exact) mass is 305 g/mol. The molecule has 0 radical (unpaired) electrons. The Labute approximate surface area is 122 Å². The second-order valence-corrected chi connectivity index (χ2v) is 6.53. The van der Waals surface area contributed by atoms with E-state index in [9.17, 15) is 13.2 Å². The third kappa shape index (κ3) is 3.40. The molecular weight excluding hydrogens is 287 g/mol. The van der Waals surface area contributed by atoms with Gasteiger partial charge in [0.05, 0.1) is 10.6 Å². The molecule has 1 unspecified atom stereocenters. The molecule has 0 amide bonds. The molecule has 1 aromatic rings. The Morgan fingerprint density at radius 1 is 1.25 bits per heavy atom. The van der Waals surface area contributed by atoms with Gasteiger partial charge in [-0.05, 0) is 36.5 Å². The van der Waals surface area contributed by atoms with Crippen LogP contribution in [0.3, 0.4) is 0 Å². The number of rotatable bonds is 2. The van der Waals surface area contributed by atoms with Gasteiger partial charge in [0, 0.05) is 11.7 Å². The minimum absolute atomic E-state index is 0.0935. The number of alkyl halides is 3. The molecule has 5 heteroatoms. The highest BCUT2D eigenvalue weighted by molar-refractivity contribution is 6.31. The number of halogens is 4. The molecule has 1 aliphatic carbocycles. The maximum Gasteiger partial charge on any atom is 0.417 e. The fourth-order valence-electron chi connectivity index (χ4n) is 2.80. The van der Waals surface area contributed by atoms with Crippen LogP contribution in [0.4, 0.5) is 18.9 Å². The van der Waals surface area contributed by atoms with Gasteiger partial charge < -0.3 is 5.32 Å². The third-order valence-corrected chi connectivity index (χ3v) is 4.45. The molecule has 0 bridgehead atoms. The topological polar surface area (TPSA) is 12.0 Å². The fraction of sp³-hybridized carbons (Fsp3) is 0.600. The van der Waals surface area contributed by atoms with Crippen molar-refractivity contribution >= 4 is 17.3 Å². The van der Waals surface area contributed by atoms with Gasteiger partial charge in [0.25, 0.3) is 0 Å². The first-order valence-electron chi connectivity index (χ1n) is 6.83. The fourth-order valence-corrected chi connectivity index (χ4v) is 3.02. The maximum atomic E-state index is 12.8. The summed E-state index contributed by atoms with van der Waals surface area (Å²) in [5.41, 5.74) is -0.199. The summed E-state index contributed by atoms with van der Waals surface area (Å²) in [6.45, 7) is 4.31. The van der Waals surface area contributed by atoms with Gasteiger partial charge in [0.1, 0.15) is 0 Å². The van der Waals surface area contributed by atoms with E-state index in [4.69, 9.17) is 11.6 Å². The standard InChI is InChI=1S/C15H19ClF3N/c1-14(2)8-4-3-5-13(14)20-10-6-7-12(16)11(9-10)15(17,18)19/h6-7,9,13,20H,3-5,8H2,1-2H3. The van der Waals surface area contributed by atoms with E-state index in [-0.39, 0.29) is 16.5 Å². The van der Waals surface area contributed by atoms with E-state index in [1.54, 1.807) is 6.07 Å². The number of anilines is 1. The summed E-state index contributed by atoms with van der Waals surface area (Å²) in [6.07, 6.45) is -0.0569. The first-order chi connectivity index (χ1) is 9.20. The van der Waals surface area contributed by atoms with E-state index in [2.05, 4.69) is 19.2 Å². The van der Waals surface area contributed by atoms with Crippen molar-refractivity contribution in [2.75, 3.05) is 5.32 Å². The zero-order valence-electron chi connectivity index (χ0n) is 11.6. The zero-order chi connectivity index (χ0) is 15.0. The molecular formula is C15H19ClF3N. The number of benzene rings is 1. The lowest BCUT2D eigenvalue weighted by atomic mass is 9.73. The molecule has 1 saturated carbocycles. The molecule has 1 nitrogen and oxygen atoms in total. The van der Waals surface area contributed by atoms with Crippen LogP contribution in [0.5, 0.6) is 0 Å². The molecule has 0 saturated heterocycles. The summed E-state index contributed by atoms with van der Waals surface area (Å²) in [5, 5.41) is 2.99. The Kier molecular flexibility index (Phi) is 4.24. The van der Waals surface area contributed by atoms with Gasteiger partial charge in [-0.2, -0.15) is 13.2 Å². The van der Waals surface area contributed by atoms with Crippen molar-refractivity contribution in [3.05, 3.63) is 28.8 Å². The van der Waals surface area contributed by atoms with Crippen molar-refractivity contribution in [1.29, 1.82) is 0 Å². The van der Waals surface area contributed by atoms with Crippen molar-refractivity contribution in [2.45, 2.75) is 51.7 Å². The smallest absolute Gasteiger partial charge is 0.382 e. The van der Waals surface area contributed by atoms with Crippen LogP contribution in [-0.4, -0.2) is 6.04 Å². The Balaban J connectivity index is 2.22. The van der Waals surface area contributed by atoms with E-state index in [0.717, 1.165) is 25.3 Å². The van der Waals surface area contributed by atoms with E-state index in [1.165, 1.54) is 12.5 Å². The van der Waals surface area contributed by atoms with Gasteiger partial charge >= 0.3 is 6.18 Å². The van der Waals surface area contributed by atoms with Gasteiger partial charge in [-0.15, -0.1) is 0 Å². The molecule has 1 fully saturated rings. The molecule has 1 atom stereocenters. The largest absolute Gasteiger partial charge is 0.417 e. The third-order valence-electron chi connectivity index (χ3n) is 4.12. The molecule has 1 aliphatic rings. The number of nitrogens with one attached hydrogen (secondary N) is 1. The van der Waals surface area contributed by atoms with Crippen LogP contribution in [0.2, 0.25) is 5.02 Å². The summed E-state index contributed by atoms with van der Waals surface area (Å²) in [7, 11) is 0. The summed E-state index contributed by atoms with van der Waals surface area (Å²) in [4.78, 5) is 0. The molecule has 0 spiro atoms. The van der Waals surface area contributed by atoms with E-state index in [0.29, 0.717) is 5.69 Å². The summed E-state index contributed by atoms with van der Waals surface area (Å²) < 4.78 is 38.5. The second kappa shape index (κ2) is 5.47. The van der Waals surface area contributed by atoms with Crippen molar-refractivity contribution in [1.82, 2.24) is 0 Å². The van der Waals surface area contributed by atoms with Gasteiger partial charge in [0.15, 0.2) is 0 Å². The molecule has 0 aromatic heterocycles. The minimum atomic E-state index is -4.42. The first kappa shape index (κ1) is 15.5. The predicted octanol–water partition coefficient (Wildman–Crippen LogP) is 5.74. The molecule has 112 valence electrons. The zero-order valence-corrected chi connectivity index (χ0v) is 12.4. The second-order valence-electron chi connectivity index (χ2n) is 6.12. The van der Waals surface area contributed by atoms with Crippen LogP contribution in [0.15, 0.2) is 18.2 Å². The van der Waals surface area contributed by atoms with Gasteiger partial charge in [-0.1, -0.05) is 38.3 Å². The average Bonchev–Trinajstić information content (AvgIpc) is 2.32. The van der Waals surface area contributed by atoms with Crippen molar-refractivity contribution in [3.8, 4) is 0 Å². The Bertz CT molecular complexity index is 482. The Morgan fingerprint density at radius 2 is 1.95 bits per heavy atom. The van der Waals surface area contributed by atoms with Gasteiger partial charge in [0.2, 0.25) is 0 Å². The average molecular weight is 306 g/mol. The SMILES string of the molecule is CC1(C)CCCCC1Nc1ccc(Cl)c(C(F)(F)F)c1. The lowest BCUT2D eigenvalue weighted by Crippen LogP contribution is -2.38. The number of hydrogen-bond donors (Lipinski definition) is 1. The highest BCUT2D eigenvalue weighted by Crippen LogP contribution is 2.39. The molecule has 2 rings (SSSR count). The van der Waals surface area contributed by atoms with Gasteiger partial charge in [-0.25, -0.2) is 0 Å². The molecule has 0 aliphatic heterocycles. The quantitative estimate of drug-likeness (QED) is 0.734.